The van der Waals surface area contributed by atoms with E-state index >= 15 is 0 Å². The second-order valence-electron chi connectivity index (χ2n) is 2.66. The molecular weight excluding hydrogens is 159 g/mol. The van der Waals surface area contributed by atoms with Gasteiger partial charge in [0.15, 0.2) is 5.82 Å². The van der Waals surface area contributed by atoms with Gasteiger partial charge >= 0.3 is 0 Å². The van der Waals surface area contributed by atoms with Gasteiger partial charge in [0.25, 0.3) is 0 Å². The quantitative estimate of drug-likeness (QED) is 0.674. The highest BCUT2D eigenvalue weighted by Crippen LogP contribution is 1.99. The standard InChI is InChI=1S/C7H13FN4/c8-4-2-1-3-5-12-6-7(9)10-11-12/h6H,1-5,9H2. The van der Waals surface area contributed by atoms with Gasteiger partial charge in [0, 0.05) is 6.54 Å². The van der Waals surface area contributed by atoms with Crippen molar-refractivity contribution in [1.29, 1.82) is 0 Å². The van der Waals surface area contributed by atoms with Crippen LogP contribution >= 0.6 is 0 Å². The molecule has 68 valence electrons. The Balaban J connectivity index is 2.15. The number of nitrogen functional groups attached to an aromatic ring is 1. The minimum atomic E-state index is -0.237. The van der Waals surface area contributed by atoms with E-state index in [1.807, 2.05) is 0 Å². The summed E-state index contributed by atoms with van der Waals surface area (Å²) in [6.07, 6.45) is 4.11. The smallest absolute Gasteiger partial charge is 0.165 e. The normalized spacial score (nSPS) is 10.4. The fourth-order valence-corrected chi connectivity index (χ4v) is 0.968. The zero-order valence-corrected chi connectivity index (χ0v) is 6.91. The Kier molecular flexibility index (Phi) is 3.50. The van der Waals surface area contributed by atoms with Gasteiger partial charge in [-0.2, -0.15) is 0 Å². The lowest BCUT2D eigenvalue weighted by Crippen LogP contribution is -1.98. The predicted octanol–water partition coefficient (Wildman–Crippen LogP) is 1.00. The van der Waals surface area contributed by atoms with Crippen LogP contribution in [-0.4, -0.2) is 21.7 Å². The maximum absolute atomic E-state index is 11.7. The first-order valence-corrected chi connectivity index (χ1v) is 4.04. The average molecular weight is 172 g/mol. The van der Waals surface area contributed by atoms with Gasteiger partial charge in [-0.1, -0.05) is 5.21 Å². The molecule has 1 aromatic rings. The first-order valence-electron chi connectivity index (χ1n) is 4.04. The summed E-state index contributed by atoms with van der Waals surface area (Å²) in [5.74, 6) is 0.431. The molecule has 1 rings (SSSR count). The molecule has 12 heavy (non-hydrogen) atoms. The number of rotatable bonds is 5. The van der Waals surface area contributed by atoms with E-state index in [1.54, 1.807) is 10.9 Å². The van der Waals surface area contributed by atoms with Crippen molar-refractivity contribution in [2.45, 2.75) is 25.8 Å². The van der Waals surface area contributed by atoms with E-state index < -0.39 is 0 Å². The Hall–Kier alpha value is -1.13. The summed E-state index contributed by atoms with van der Waals surface area (Å²) in [6, 6.07) is 0. The summed E-state index contributed by atoms with van der Waals surface area (Å²) in [5, 5.41) is 7.39. The van der Waals surface area contributed by atoms with Crippen molar-refractivity contribution in [1.82, 2.24) is 15.0 Å². The number of aromatic nitrogens is 3. The van der Waals surface area contributed by atoms with Crippen LogP contribution in [0.4, 0.5) is 10.2 Å². The average Bonchev–Trinajstić information content (AvgIpc) is 2.45. The van der Waals surface area contributed by atoms with E-state index in [0.29, 0.717) is 12.2 Å². The molecule has 0 saturated heterocycles. The number of hydrogen-bond acceptors (Lipinski definition) is 3. The van der Waals surface area contributed by atoms with Crippen LogP contribution in [0.2, 0.25) is 0 Å². The number of nitrogens with two attached hydrogens (primary N) is 1. The molecule has 0 aromatic carbocycles. The van der Waals surface area contributed by atoms with Crippen molar-refractivity contribution < 1.29 is 4.39 Å². The molecule has 0 aliphatic rings. The highest BCUT2D eigenvalue weighted by atomic mass is 19.1. The van der Waals surface area contributed by atoms with Gasteiger partial charge in [0.1, 0.15) is 0 Å². The number of halogens is 1. The summed E-state index contributed by atoms with van der Waals surface area (Å²) in [4.78, 5) is 0. The zero-order valence-electron chi connectivity index (χ0n) is 6.91. The Labute approximate surface area is 70.6 Å². The largest absolute Gasteiger partial charge is 0.381 e. The fourth-order valence-electron chi connectivity index (χ4n) is 0.968. The first-order chi connectivity index (χ1) is 5.83. The molecule has 0 bridgehead atoms. The number of hydrogen-bond donors (Lipinski definition) is 1. The van der Waals surface area contributed by atoms with E-state index in [0.717, 1.165) is 19.4 Å². The summed E-state index contributed by atoms with van der Waals surface area (Å²) >= 11 is 0. The minimum absolute atomic E-state index is 0.237. The van der Waals surface area contributed by atoms with E-state index in [1.165, 1.54) is 0 Å². The molecule has 5 heteroatoms. The van der Waals surface area contributed by atoms with Crippen molar-refractivity contribution in [3.63, 3.8) is 0 Å². The molecule has 0 amide bonds. The summed E-state index contributed by atoms with van der Waals surface area (Å²) in [6.45, 7) is 0.531. The van der Waals surface area contributed by atoms with Gasteiger partial charge in [-0.3, -0.25) is 9.07 Å². The number of anilines is 1. The van der Waals surface area contributed by atoms with Crippen LogP contribution in [-0.2, 0) is 6.54 Å². The molecule has 0 atom stereocenters. The molecule has 0 saturated carbocycles. The molecule has 0 aliphatic carbocycles. The van der Waals surface area contributed by atoms with Crippen molar-refractivity contribution in [3.8, 4) is 0 Å². The Morgan fingerprint density at radius 3 is 2.83 bits per heavy atom. The lowest BCUT2D eigenvalue weighted by Gasteiger charge is -1.97. The van der Waals surface area contributed by atoms with Gasteiger partial charge in [0.05, 0.1) is 12.9 Å². The van der Waals surface area contributed by atoms with E-state index in [9.17, 15) is 4.39 Å². The van der Waals surface area contributed by atoms with Gasteiger partial charge in [-0.25, -0.2) is 0 Å². The summed E-state index contributed by atoms with van der Waals surface area (Å²) < 4.78 is 13.3. The highest BCUT2D eigenvalue weighted by Gasteiger charge is 1.95. The van der Waals surface area contributed by atoms with E-state index in [-0.39, 0.29) is 6.67 Å². The lowest BCUT2D eigenvalue weighted by atomic mass is 10.2. The van der Waals surface area contributed by atoms with Crippen molar-refractivity contribution in [2.24, 2.45) is 0 Å². The van der Waals surface area contributed by atoms with Gasteiger partial charge in [-0.05, 0) is 19.3 Å². The molecule has 0 spiro atoms. The maximum Gasteiger partial charge on any atom is 0.165 e. The van der Waals surface area contributed by atoms with Crippen LogP contribution in [0.5, 0.6) is 0 Å². The molecule has 1 aromatic heterocycles. The summed E-state index contributed by atoms with van der Waals surface area (Å²) in [7, 11) is 0. The fraction of sp³-hybridized carbons (Fsp3) is 0.714. The third kappa shape index (κ3) is 2.86. The number of unbranched alkanes of at least 4 members (excludes halogenated alkanes) is 2. The van der Waals surface area contributed by atoms with Crippen LogP contribution in [0.25, 0.3) is 0 Å². The van der Waals surface area contributed by atoms with Gasteiger partial charge < -0.3 is 5.73 Å². The highest BCUT2D eigenvalue weighted by molar-refractivity contribution is 5.19. The van der Waals surface area contributed by atoms with E-state index in [4.69, 9.17) is 5.73 Å². The molecular formula is C7H13FN4. The van der Waals surface area contributed by atoms with E-state index in [2.05, 4.69) is 10.3 Å². The second kappa shape index (κ2) is 4.69. The molecule has 0 unspecified atom stereocenters. The van der Waals surface area contributed by atoms with Crippen LogP contribution in [0.15, 0.2) is 6.20 Å². The van der Waals surface area contributed by atoms with Gasteiger partial charge in [-0.15, -0.1) is 5.10 Å². The number of aryl methyl sites for hydroxylation is 1. The van der Waals surface area contributed by atoms with Gasteiger partial charge in [0.2, 0.25) is 0 Å². The SMILES string of the molecule is Nc1cn(CCCCCF)nn1. The van der Waals surface area contributed by atoms with Crippen LogP contribution < -0.4 is 5.73 Å². The monoisotopic (exact) mass is 172 g/mol. The maximum atomic E-state index is 11.7. The predicted molar refractivity (Wildman–Crippen MR) is 44.3 cm³/mol. The third-order valence-electron chi connectivity index (χ3n) is 1.58. The number of nitrogens with zero attached hydrogens (tertiary/aromatic N) is 3. The van der Waals surface area contributed by atoms with Crippen LogP contribution in [0.3, 0.4) is 0 Å². The Morgan fingerprint density at radius 2 is 2.25 bits per heavy atom. The van der Waals surface area contributed by atoms with Crippen LogP contribution in [0.1, 0.15) is 19.3 Å². The lowest BCUT2D eigenvalue weighted by molar-refractivity contribution is 0.441. The Morgan fingerprint density at radius 1 is 1.42 bits per heavy atom. The first kappa shape index (κ1) is 8.96. The number of alkyl halides is 1. The van der Waals surface area contributed by atoms with Crippen molar-refractivity contribution in [3.05, 3.63) is 6.20 Å². The molecule has 1 heterocycles. The zero-order chi connectivity index (χ0) is 8.81. The minimum Gasteiger partial charge on any atom is -0.381 e. The Bertz CT molecular complexity index is 223. The molecule has 0 aliphatic heterocycles. The summed E-state index contributed by atoms with van der Waals surface area (Å²) in [5.41, 5.74) is 5.35. The second-order valence-corrected chi connectivity index (χ2v) is 2.66. The topological polar surface area (TPSA) is 56.7 Å². The van der Waals surface area contributed by atoms with Crippen molar-refractivity contribution in [2.75, 3.05) is 12.4 Å². The molecule has 4 nitrogen and oxygen atoms in total. The van der Waals surface area contributed by atoms with Crippen LogP contribution in [0, 0.1) is 0 Å². The molecule has 0 fully saturated rings. The molecule has 2 N–H and O–H groups in total. The van der Waals surface area contributed by atoms with Crippen molar-refractivity contribution >= 4 is 5.82 Å². The third-order valence-corrected chi connectivity index (χ3v) is 1.58. The molecule has 0 radical (unpaired) electrons.